The Balaban J connectivity index is 3.92. The second-order valence-corrected chi connectivity index (χ2v) is 2.58. The summed E-state index contributed by atoms with van der Waals surface area (Å²) in [6, 6.07) is -1.21. The first-order valence-corrected chi connectivity index (χ1v) is 3.69. The third kappa shape index (κ3) is 3.34. The molecule has 0 aliphatic heterocycles. The minimum absolute atomic E-state index is 0.313. The summed E-state index contributed by atoms with van der Waals surface area (Å²) < 4.78 is 0. The van der Waals surface area contributed by atoms with Gasteiger partial charge in [0, 0.05) is 0 Å². The van der Waals surface area contributed by atoms with E-state index >= 15 is 0 Å². The Bertz CT molecular complexity index is 181. The number of aliphatic carboxylic acids is 1. The second kappa shape index (κ2) is 4.71. The normalized spacial score (nSPS) is 14.9. The van der Waals surface area contributed by atoms with Crippen molar-refractivity contribution in [2.45, 2.75) is 25.9 Å². The quantitative estimate of drug-likeness (QED) is 0.520. The number of amides is 1. The topological polar surface area (TPSA) is 78.4 Å². The van der Waals surface area contributed by atoms with Crippen LogP contribution in [-0.4, -0.2) is 36.1 Å². The maximum Gasteiger partial charge on any atom is 0.325 e. The highest BCUT2D eigenvalue weighted by molar-refractivity contribution is 5.86. The lowest BCUT2D eigenvalue weighted by Crippen LogP contribution is -2.46. The number of likely N-dealkylation sites (N-methyl/N-ethyl adjacent to an activating group) is 1. The van der Waals surface area contributed by atoms with E-state index < -0.39 is 12.0 Å². The van der Waals surface area contributed by atoms with Gasteiger partial charge in [-0.15, -0.1) is 0 Å². The molecule has 0 fully saturated rings. The van der Waals surface area contributed by atoms with Crippen molar-refractivity contribution in [2.24, 2.45) is 0 Å². The number of hydrogen-bond donors (Lipinski definition) is 3. The Morgan fingerprint density at radius 1 is 1.25 bits per heavy atom. The van der Waals surface area contributed by atoms with Gasteiger partial charge in [-0.1, -0.05) is 0 Å². The van der Waals surface area contributed by atoms with E-state index in [-0.39, 0.29) is 11.9 Å². The molecule has 1 unspecified atom stereocenters. The van der Waals surface area contributed by atoms with E-state index in [1.165, 1.54) is 6.92 Å². The Morgan fingerprint density at radius 2 is 1.75 bits per heavy atom. The number of rotatable bonds is 4. The molecule has 0 heterocycles. The molecule has 0 saturated carbocycles. The molecule has 0 aromatic heterocycles. The lowest BCUT2D eigenvalue weighted by Gasteiger charge is -2.13. The molecule has 70 valence electrons. The molecule has 0 aliphatic rings. The number of carbonyl (C=O) groups is 2. The fraction of sp³-hybridized carbons (Fsp3) is 0.714. The lowest BCUT2D eigenvalue weighted by atomic mass is 10.3. The third-order valence-corrected chi connectivity index (χ3v) is 1.56. The van der Waals surface area contributed by atoms with E-state index in [0.717, 1.165) is 0 Å². The van der Waals surface area contributed by atoms with Crippen molar-refractivity contribution in [3.63, 3.8) is 0 Å². The summed E-state index contributed by atoms with van der Waals surface area (Å²) in [5.41, 5.74) is 0. The molecular formula is C7H14N2O3. The average Bonchev–Trinajstić information content (AvgIpc) is 2.02. The molecule has 5 heteroatoms. The van der Waals surface area contributed by atoms with Gasteiger partial charge < -0.3 is 15.7 Å². The summed E-state index contributed by atoms with van der Waals surface area (Å²) in [6.07, 6.45) is 0. The van der Waals surface area contributed by atoms with Crippen molar-refractivity contribution in [1.82, 2.24) is 10.6 Å². The third-order valence-electron chi connectivity index (χ3n) is 1.56. The number of carbonyl (C=O) groups excluding carboxylic acids is 1. The molecule has 0 aromatic carbocycles. The van der Waals surface area contributed by atoms with Crippen molar-refractivity contribution in [1.29, 1.82) is 0 Å². The highest BCUT2D eigenvalue weighted by Gasteiger charge is 2.16. The summed E-state index contributed by atoms with van der Waals surface area (Å²) >= 11 is 0. The monoisotopic (exact) mass is 174 g/mol. The van der Waals surface area contributed by atoms with E-state index in [1.807, 2.05) is 0 Å². The number of carboxylic acids is 1. The van der Waals surface area contributed by atoms with Gasteiger partial charge in [-0.2, -0.15) is 0 Å². The molecule has 0 saturated heterocycles. The van der Waals surface area contributed by atoms with Crippen LogP contribution in [0.2, 0.25) is 0 Å². The van der Waals surface area contributed by atoms with Crippen molar-refractivity contribution >= 4 is 11.9 Å². The molecule has 5 nitrogen and oxygen atoms in total. The Labute approximate surface area is 71.1 Å². The molecule has 0 radical (unpaired) electrons. The SMILES string of the molecule is CNC(C)C(=O)N[C@H](C)C(=O)O. The minimum Gasteiger partial charge on any atom is -0.480 e. The van der Waals surface area contributed by atoms with E-state index in [2.05, 4.69) is 10.6 Å². The zero-order chi connectivity index (χ0) is 9.72. The number of hydrogen-bond acceptors (Lipinski definition) is 3. The van der Waals surface area contributed by atoms with Gasteiger partial charge in [-0.05, 0) is 20.9 Å². The van der Waals surface area contributed by atoms with Gasteiger partial charge >= 0.3 is 5.97 Å². The standard InChI is InChI=1S/C7H14N2O3/c1-4(8-3)6(10)9-5(2)7(11)12/h4-5,8H,1-3H3,(H,9,10)(H,11,12)/t4?,5-/m1/s1. The number of carboxylic acid groups (broad SMARTS) is 1. The van der Waals surface area contributed by atoms with Gasteiger partial charge in [0.15, 0.2) is 0 Å². The van der Waals surface area contributed by atoms with Crippen molar-refractivity contribution in [3.8, 4) is 0 Å². The Morgan fingerprint density at radius 3 is 2.08 bits per heavy atom. The van der Waals surface area contributed by atoms with Crippen LogP contribution in [0.25, 0.3) is 0 Å². The van der Waals surface area contributed by atoms with Crippen LogP contribution in [0.15, 0.2) is 0 Å². The van der Waals surface area contributed by atoms with Crippen LogP contribution in [-0.2, 0) is 9.59 Å². The first-order chi connectivity index (χ1) is 5.49. The molecule has 2 atom stereocenters. The van der Waals surface area contributed by atoms with Crippen LogP contribution in [0.5, 0.6) is 0 Å². The molecule has 1 amide bonds. The molecule has 0 aliphatic carbocycles. The predicted molar refractivity (Wildman–Crippen MR) is 43.8 cm³/mol. The van der Waals surface area contributed by atoms with Crippen LogP contribution in [0.3, 0.4) is 0 Å². The van der Waals surface area contributed by atoms with Crippen molar-refractivity contribution in [2.75, 3.05) is 7.05 Å². The first-order valence-electron chi connectivity index (χ1n) is 3.69. The molecule has 0 spiro atoms. The number of nitrogens with one attached hydrogen (secondary N) is 2. The van der Waals surface area contributed by atoms with Gasteiger partial charge in [0.05, 0.1) is 6.04 Å². The molecule has 0 bridgehead atoms. The summed E-state index contributed by atoms with van der Waals surface area (Å²) in [5, 5.41) is 13.5. The molecular weight excluding hydrogens is 160 g/mol. The largest absolute Gasteiger partial charge is 0.480 e. The average molecular weight is 174 g/mol. The van der Waals surface area contributed by atoms with Gasteiger partial charge in [-0.3, -0.25) is 9.59 Å². The smallest absolute Gasteiger partial charge is 0.325 e. The second-order valence-electron chi connectivity index (χ2n) is 2.58. The maximum atomic E-state index is 11.1. The van der Waals surface area contributed by atoms with Crippen LogP contribution < -0.4 is 10.6 Å². The summed E-state index contributed by atoms with van der Waals surface area (Å²) in [5.74, 6) is -1.35. The fourth-order valence-electron chi connectivity index (χ4n) is 0.531. The highest BCUT2D eigenvalue weighted by Crippen LogP contribution is 1.85. The zero-order valence-corrected chi connectivity index (χ0v) is 7.42. The predicted octanol–water partition coefficient (Wildman–Crippen LogP) is -0.816. The Hall–Kier alpha value is -1.10. The Kier molecular flexibility index (Phi) is 4.28. The highest BCUT2D eigenvalue weighted by atomic mass is 16.4. The first kappa shape index (κ1) is 10.9. The summed E-state index contributed by atoms with van der Waals surface area (Å²) in [7, 11) is 1.63. The maximum absolute atomic E-state index is 11.1. The summed E-state index contributed by atoms with van der Waals surface area (Å²) in [4.78, 5) is 21.4. The van der Waals surface area contributed by atoms with E-state index in [4.69, 9.17) is 5.11 Å². The van der Waals surface area contributed by atoms with Crippen LogP contribution >= 0.6 is 0 Å². The van der Waals surface area contributed by atoms with Gasteiger partial charge in [0.25, 0.3) is 0 Å². The zero-order valence-electron chi connectivity index (χ0n) is 7.42. The van der Waals surface area contributed by atoms with Crippen molar-refractivity contribution in [3.05, 3.63) is 0 Å². The fourth-order valence-corrected chi connectivity index (χ4v) is 0.531. The van der Waals surface area contributed by atoms with Crippen molar-refractivity contribution < 1.29 is 14.7 Å². The van der Waals surface area contributed by atoms with Crippen LogP contribution in [0, 0.1) is 0 Å². The molecule has 0 aromatic rings. The van der Waals surface area contributed by atoms with E-state index in [9.17, 15) is 9.59 Å². The molecule has 12 heavy (non-hydrogen) atoms. The van der Waals surface area contributed by atoms with Crippen LogP contribution in [0.4, 0.5) is 0 Å². The van der Waals surface area contributed by atoms with E-state index in [1.54, 1.807) is 14.0 Å². The minimum atomic E-state index is -1.04. The molecule has 0 rings (SSSR count). The lowest BCUT2D eigenvalue weighted by molar-refractivity contribution is -0.141. The van der Waals surface area contributed by atoms with Gasteiger partial charge in [-0.25, -0.2) is 0 Å². The summed E-state index contributed by atoms with van der Waals surface area (Å²) in [6.45, 7) is 3.08. The van der Waals surface area contributed by atoms with Crippen LogP contribution in [0.1, 0.15) is 13.8 Å². The molecule has 3 N–H and O–H groups in total. The van der Waals surface area contributed by atoms with Gasteiger partial charge in [0.1, 0.15) is 6.04 Å². The van der Waals surface area contributed by atoms with E-state index in [0.29, 0.717) is 0 Å². The van der Waals surface area contributed by atoms with Gasteiger partial charge in [0.2, 0.25) is 5.91 Å².